The van der Waals surface area contributed by atoms with Crippen LogP contribution in [0.15, 0.2) is 46.9 Å². The van der Waals surface area contributed by atoms with Gasteiger partial charge in [0.15, 0.2) is 5.58 Å². The van der Waals surface area contributed by atoms with Crippen molar-refractivity contribution in [2.24, 2.45) is 0 Å². The third kappa shape index (κ3) is 3.02. The molecule has 0 bridgehead atoms. The van der Waals surface area contributed by atoms with Crippen LogP contribution in [0.25, 0.3) is 21.2 Å². The molecule has 0 saturated heterocycles. The number of aromatic nitrogens is 1. The van der Waals surface area contributed by atoms with Crippen LogP contribution in [0.5, 0.6) is 0 Å². The maximum Gasteiger partial charge on any atom is 0.302 e. The zero-order chi connectivity index (χ0) is 18.3. The number of halogens is 1. The van der Waals surface area contributed by atoms with E-state index in [0.717, 1.165) is 10.1 Å². The van der Waals surface area contributed by atoms with Crippen molar-refractivity contribution < 1.29 is 14.0 Å². The topological polar surface area (TPSA) is 84.2 Å². The first-order chi connectivity index (χ1) is 12.5. The summed E-state index contributed by atoms with van der Waals surface area (Å²) in [6.07, 6.45) is 0. The van der Waals surface area contributed by atoms with Gasteiger partial charge >= 0.3 is 6.01 Å². The highest BCUT2D eigenvalue weighted by atomic mass is 35.5. The van der Waals surface area contributed by atoms with Crippen molar-refractivity contribution in [3.8, 4) is 0 Å². The molecule has 2 aromatic carbocycles. The van der Waals surface area contributed by atoms with Crippen molar-refractivity contribution in [2.75, 3.05) is 10.6 Å². The number of carbonyl (C=O) groups is 2. The molecule has 0 spiro atoms. The number of hydrogen-bond acceptors (Lipinski definition) is 5. The van der Waals surface area contributed by atoms with E-state index in [-0.39, 0.29) is 17.8 Å². The van der Waals surface area contributed by atoms with Crippen LogP contribution < -0.4 is 10.6 Å². The van der Waals surface area contributed by atoms with Crippen molar-refractivity contribution in [3.05, 3.63) is 52.4 Å². The molecule has 2 heterocycles. The van der Waals surface area contributed by atoms with Gasteiger partial charge in [0, 0.05) is 28.8 Å². The van der Waals surface area contributed by atoms with E-state index in [1.54, 1.807) is 18.2 Å². The summed E-state index contributed by atoms with van der Waals surface area (Å²) in [5.74, 6) is -0.568. The number of benzene rings is 2. The lowest BCUT2D eigenvalue weighted by Gasteiger charge is -1.99. The number of thiophene rings is 1. The lowest BCUT2D eigenvalue weighted by molar-refractivity contribution is -0.114. The molecule has 8 heteroatoms. The second-order valence-corrected chi connectivity index (χ2v) is 7.01. The molecule has 0 unspecified atom stereocenters. The Labute approximate surface area is 156 Å². The second kappa shape index (κ2) is 6.44. The highest BCUT2D eigenvalue weighted by Crippen LogP contribution is 2.35. The fraction of sp³-hybridized carbons (Fsp3) is 0.0556. The van der Waals surface area contributed by atoms with Crippen molar-refractivity contribution in [1.29, 1.82) is 0 Å². The minimum Gasteiger partial charge on any atom is -0.423 e. The second-order valence-electron chi connectivity index (χ2n) is 5.58. The van der Waals surface area contributed by atoms with E-state index in [9.17, 15) is 9.59 Å². The third-order valence-electron chi connectivity index (χ3n) is 3.67. The van der Waals surface area contributed by atoms with E-state index in [0.29, 0.717) is 26.7 Å². The average Bonchev–Trinajstić information content (AvgIpc) is 3.15. The molecule has 0 atom stereocenters. The van der Waals surface area contributed by atoms with Gasteiger partial charge < -0.3 is 9.73 Å². The summed E-state index contributed by atoms with van der Waals surface area (Å²) >= 11 is 7.63. The van der Waals surface area contributed by atoms with Gasteiger partial charge in [-0.25, -0.2) is 0 Å². The molecular weight excluding hydrogens is 374 g/mol. The lowest BCUT2D eigenvalue weighted by atomic mass is 10.2. The number of amides is 2. The van der Waals surface area contributed by atoms with Crippen LogP contribution in [0.3, 0.4) is 0 Å². The predicted molar refractivity (Wildman–Crippen MR) is 103 cm³/mol. The standard InChI is InChI=1S/C18H12ClN3O3S/c1-9(23)20-10-6-7-12-13(8-10)25-18(21-12)22-17(24)16-15(19)11-4-2-3-5-14(11)26-16/h2-8H,1H3,(H,20,23)(H,21,22,24). The summed E-state index contributed by atoms with van der Waals surface area (Å²) in [7, 11) is 0. The quantitative estimate of drug-likeness (QED) is 0.525. The molecule has 2 amide bonds. The molecule has 0 fully saturated rings. The SMILES string of the molecule is CC(=O)Nc1ccc2nc(NC(=O)c3sc4ccccc4c3Cl)oc2c1. The van der Waals surface area contributed by atoms with E-state index in [1.807, 2.05) is 24.3 Å². The van der Waals surface area contributed by atoms with E-state index in [2.05, 4.69) is 15.6 Å². The summed E-state index contributed by atoms with van der Waals surface area (Å²) in [6.45, 7) is 1.42. The Morgan fingerprint density at radius 2 is 1.96 bits per heavy atom. The molecule has 2 aromatic heterocycles. The van der Waals surface area contributed by atoms with Gasteiger partial charge in [0.25, 0.3) is 5.91 Å². The number of hydrogen-bond donors (Lipinski definition) is 2. The van der Waals surface area contributed by atoms with Crippen LogP contribution in [-0.4, -0.2) is 16.8 Å². The molecular formula is C18H12ClN3O3S. The fourth-order valence-corrected chi connectivity index (χ4v) is 3.99. The molecule has 0 aliphatic carbocycles. The van der Waals surface area contributed by atoms with Gasteiger partial charge in [0.1, 0.15) is 10.4 Å². The molecule has 0 saturated carbocycles. The van der Waals surface area contributed by atoms with Crippen LogP contribution in [0.4, 0.5) is 11.7 Å². The van der Waals surface area contributed by atoms with Gasteiger partial charge in [-0.2, -0.15) is 4.98 Å². The Morgan fingerprint density at radius 3 is 2.73 bits per heavy atom. The zero-order valence-electron chi connectivity index (χ0n) is 13.5. The first-order valence-corrected chi connectivity index (χ1v) is 8.87. The number of anilines is 2. The van der Waals surface area contributed by atoms with Crippen molar-refractivity contribution in [2.45, 2.75) is 6.92 Å². The summed E-state index contributed by atoms with van der Waals surface area (Å²) in [6, 6.07) is 12.7. The monoisotopic (exact) mass is 385 g/mol. The number of carbonyl (C=O) groups excluding carboxylic acids is 2. The van der Waals surface area contributed by atoms with Crippen LogP contribution in [0, 0.1) is 0 Å². The van der Waals surface area contributed by atoms with Gasteiger partial charge in [-0.05, 0) is 18.2 Å². The van der Waals surface area contributed by atoms with Crippen molar-refractivity contribution in [3.63, 3.8) is 0 Å². The molecule has 4 rings (SSSR count). The van der Waals surface area contributed by atoms with Gasteiger partial charge in [-0.15, -0.1) is 11.3 Å². The lowest BCUT2D eigenvalue weighted by Crippen LogP contribution is -2.10. The smallest absolute Gasteiger partial charge is 0.302 e. The maximum absolute atomic E-state index is 12.6. The van der Waals surface area contributed by atoms with Crippen LogP contribution in [0.2, 0.25) is 5.02 Å². The van der Waals surface area contributed by atoms with Gasteiger partial charge in [0.2, 0.25) is 5.91 Å². The number of nitrogens with zero attached hydrogens (tertiary/aromatic N) is 1. The molecule has 0 radical (unpaired) electrons. The first-order valence-electron chi connectivity index (χ1n) is 7.68. The molecule has 0 aliphatic heterocycles. The average molecular weight is 386 g/mol. The Morgan fingerprint density at radius 1 is 1.15 bits per heavy atom. The Balaban J connectivity index is 1.62. The predicted octanol–water partition coefficient (Wildman–Crippen LogP) is 4.91. The maximum atomic E-state index is 12.6. The van der Waals surface area contributed by atoms with Crippen molar-refractivity contribution in [1.82, 2.24) is 4.98 Å². The van der Waals surface area contributed by atoms with Crippen LogP contribution in [-0.2, 0) is 4.79 Å². The molecule has 2 N–H and O–H groups in total. The Bertz CT molecular complexity index is 1170. The highest BCUT2D eigenvalue weighted by molar-refractivity contribution is 7.21. The van der Waals surface area contributed by atoms with E-state index >= 15 is 0 Å². The number of fused-ring (bicyclic) bond motifs is 2. The number of oxazole rings is 1. The summed E-state index contributed by atoms with van der Waals surface area (Å²) in [4.78, 5) is 28.3. The van der Waals surface area contributed by atoms with Crippen LogP contribution >= 0.6 is 22.9 Å². The zero-order valence-corrected chi connectivity index (χ0v) is 15.1. The fourth-order valence-electron chi connectivity index (χ4n) is 2.57. The van der Waals surface area contributed by atoms with Gasteiger partial charge in [-0.3, -0.25) is 14.9 Å². The Kier molecular flexibility index (Phi) is 4.10. The molecule has 6 nitrogen and oxygen atoms in total. The molecule has 26 heavy (non-hydrogen) atoms. The largest absolute Gasteiger partial charge is 0.423 e. The summed E-state index contributed by atoms with van der Waals surface area (Å²) in [5.41, 5.74) is 1.61. The normalized spacial score (nSPS) is 11.0. The molecule has 4 aromatic rings. The van der Waals surface area contributed by atoms with Gasteiger partial charge in [0.05, 0.1) is 5.02 Å². The number of rotatable bonds is 3. The minimum absolute atomic E-state index is 0.0681. The van der Waals surface area contributed by atoms with E-state index in [4.69, 9.17) is 16.0 Å². The molecule has 130 valence electrons. The van der Waals surface area contributed by atoms with Crippen molar-refractivity contribution >= 4 is 67.6 Å². The summed E-state index contributed by atoms with van der Waals surface area (Å²) in [5, 5.41) is 6.54. The molecule has 0 aliphatic rings. The highest BCUT2D eigenvalue weighted by Gasteiger charge is 2.19. The first kappa shape index (κ1) is 16.6. The summed E-state index contributed by atoms with van der Waals surface area (Å²) < 4.78 is 6.49. The van der Waals surface area contributed by atoms with Crippen LogP contribution in [0.1, 0.15) is 16.6 Å². The minimum atomic E-state index is -0.384. The van der Waals surface area contributed by atoms with E-state index in [1.165, 1.54) is 18.3 Å². The van der Waals surface area contributed by atoms with E-state index < -0.39 is 0 Å². The third-order valence-corrected chi connectivity index (χ3v) is 5.34. The van der Waals surface area contributed by atoms with Gasteiger partial charge in [-0.1, -0.05) is 29.8 Å². The number of nitrogens with one attached hydrogen (secondary N) is 2. The Hall–Kier alpha value is -2.90.